The highest BCUT2D eigenvalue weighted by Gasteiger charge is 2.33. The lowest BCUT2D eigenvalue weighted by Crippen LogP contribution is -2.45. The number of nitrogens with one attached hydrogen (secondary N) is 1. The highest BCUT2D eigenvalue weighted by atomic mass is 32.2. The summed E-state index contributed by atoms with van der Waals surface area (Å²) >= 11 is 1.77. The van der Waals surface area contributed by atoms with Crippen LogP contribution in [-0.2, 0) is 4.79 Å². The first-order chi connectivity index (χ1) is 8.09. The average Bonchev–Trinajstić information content (AvgIpc) is 2.74. The summed E-state index contributed by atoms with van der Waals surface area (Å²) in [6.45, 7) is 2.66. The van der Waals surface area contributed by atoms with Gasteiger partial charge in [-0.15, -0.1) is 0 Å². The molecular weight excluding hydrogens is 234 g/mol. The minimum atomic E-state index is -0.652. The van der Waals surface area contributed by atoms with Gasteiger partial charge >= 0.3 is 0 Å². The molecule has 0 spiro atoms. The Labute approximate surface area is 108 Å². The fourth-order valence-corrected chi connectivity index (χ4v) is 4.10. The molecule has 2 fully saturated rings. The van der Waals surface area contributed by atoms with E-state index in [4.69, 9.17) is 0 Å². The standard InChI is InChI=1S/C13H23NO2S/c1-10-3-2-4-11(7-10)12(15)14-8-13(16)5-6-17-9-13/h10-11,16H,2-9H2,1H3,(H,14,15). The third-order valence-electron chi connectivity index (χ3n) is 3.98. The summed E-state index contributed by atoms with van der Waals surface area (Å²) in [5.74, 6) is 2.77. The second-order valence-corrected chi connectivity index (χ2v) is 6.82. The lowest BCUT2D eigenvalue weighted by molar-refractivity contribution is -0.127. The number of thioether (sulfide) groups is 1. The molecule has 17 heavy (non-hydrogen) atoms. The molecule has 0 aromatic carbocycles. The third-order valence-corrected chi connectivity index (χ3v) is 5.22. The number of amides is 1. The van der Waals surface area contributed by atoms with Crippen LogP contribution in [0.25, 0.3) is 0 Å². The molecule has 3 nitrogen and oxygen atoms in total. The number of carbonyl (C=O) groups excluding carboxylic acids is 1. The van der Waals surface area contributed by atoms with E-state index in [-0.39, 0.29) is 11.8 Å². The summed E-state index contributed by atoms with van der Waals surface area (Å²) in [7, 11) is 0. The topological polar surface area (TPSA) is 49.3 Å². The van der Waals surface area contributed by atoms with E-state index in [1.54, 1.807) is 11.8 Å². The van der Waals surface area contributed by atoms with E-state index in [1.807, 2.05) is 0 Å². The second kappa shape index (κ2) is 5.61. The molecule has 2 aliphatic rings. The SMILES string of the molecule is CC1CCCC(C(=O)NCC2(O)CCSC2)C1. The van der Waals surface area contributed by atoms with Gasteiger partial charge in [0.05, 0.1) is 5.60 Å². The molecule has 2 N–H and O–H groups in total. The van der Waals surface area contributed by atoms with Gasteiger partial charge in [0.1, 0.15) is 0 Å². The fourth-order valence-electron chi connectivity index (χ4n) is 2.80. The predicted molar refractivity (Wildman–Crippen MR) is 71.0 cm³/mol. The van der Waals surface area contributed by atoms with Crippen LogP contribution in [0.4, 0.5) is 0 Å². The largest absolute Gasteiger partial charge is 0.387 e. The fraction of sp³-hybridized carbons (Fsp3) is 0.923. The maximum Gasteiger partial charge on any atom is 0.223 e. The Morgan fingerprint density at radius 1 is 1.53 bits per heavy atom. The molecule has 1 saturated heterocycles. The van der Waals surface area contributed by atoms with Crippen molar-refractivity contribution < 1.29 is 9.90 Å². The Balaban J connectivity index is 1.76. The number of rotatable bonds is 3. The van der Waals surface area contributed by atoms with Gasteiger partial charge in [0.25, 0.3) is 0 Å². The van der Waals surface area contributed by atoms with Crippen molar-refractivity contribution in [2.45, 2.75) is 44.6 Å². The van der Waals surface area contributed by atoms with E-state index in [2.05, 4.69) is 12.2 Å². The summed E-state index contributed by atoms with van der Waals surface area (Å²) in [5, 5.41) is 13.1. The van der Waals surface area contributed by atoms with Crippen LogP contribution >= 0.6 is 11.8 Å². The van der Waals surface area contributed by atoms with Crippen LogP contribution in [0.2, 0.25) is 0 Å². The zero-order valence-corrected chi connectivity index (χ0v) is 11.4. The van der Waals surface area contributed by atoms with Gasteiger partial charge in [0.2, 0.25) is 5.91 Å². The molecule has 1 heterocycles. The number of carbonyl (C=O) groups is 1. The van der Waals surface area contributed by atoms with Crippen molar-refractivity contribution in [1.82, 2.24) is 5.32 Å². The van der Waals surface area contributed by atoms with Crippen molar-refractivity contribution in [1.29, 1.82) is 0 Å². The van der Waals surface area contributed by atoms with Gasteiger partial charge in [-0.3, -0.25) is 4.79 Å². The van der Waals surface area contributed by atoms with Gasteiger partial charge in [0, 0.05) is 18.2 Å². The second-order valence-electron chi connectivity index (χ2n) is 5.71. The van der Waals surface area contributed by atoms with Crippen LogP contribution < -0.4 is 5.32 Å². The Morgan fingerprint density at radius 2 is 2.35 bits per heavy atom. The first kappa shape index (κ1) is 13.2. The molecule has 3 unspecified atom stereocenters. The average molecular weight is 257 g/mol. The van der Waals surface area contributed by atoms with Gasteiger partial charge in [-0.2, -0.15) is 11.8 Å². The first-order valence-corrected chi connectivity index (χ1v) is 7.82. The van der Waals surface area contributed by atoms with Crippen molar-refractivity contribution in [3.05, 3.63) is 0 Å². The molecule has 98 valence electrons. The Kier molecular flexibility index (Phi) is 4.36. The zero-order chi connectivity index (χ0) is 12.3. The summed E-state index contributed by atoms with van der Waals surface area (Å²) in [6.07, 6.45) is 5.26. The molecule has 1 saturated carbocycles. The van der Waals surface area contributed by atoms with E-state index in [0.29, 0.717) is 12.5 Å². The van der Waals surface area contributed by atoms with Crippen LogP contribution in [0.5, 0.6) is 0 Å². The quantitative estimate of drug-likeness (QED) is 0.810. The highest BCUT2D eigenvalue weighted by Crippen LogP contribution is 2.30. The monoisotopic (exact) mass is 257 g/mol. The predicted octanol–water partition coefficient (Wildman–Crippen LogP) is 1.80. The molecule has 1 amide bonds. The summed E-state index contributed by atoms with van der Waals surface area (Å²) < 4.78 is 0. The van der Waals surface area contributed by atoms with Crippen molar-refractivity contribution in [3.63, 3.8) is 0 Å². The van der Waals surface area contributed by atoms with E-state index in [0.717, 1.165) is 30.8 Å². The molecule has 1 aliphatic heterocycles. The minimum Gasteiger partial charge on any atom is -0.387 e. The first-order valence-electron chi connectivity index (χ1n) is 6.67. The summed E-state index contributed by atoms with van der Waals surface area (Å²) in [4.78, 5) is 12.0. The molecular formula is C13H23NO2S. The van der Waals surface area contributed by atoms with Crippen molar-refractivity contribution in [3.8, 4) is 0 Å². The maximum atomic E-state index is 12.0. The number of hydrogen-bond acceptors (Lipinski definition) is 3. The number of hydrogen-bond donors (Lipinski definition) is 2. The van der Waals surface area contributed by atoms with Crippen molar-refractivity contribution >= 4 is 17.7 Å². The normalized spacial score (nSPS) is 38.0. The molecule has 0 aromatic rings. The van der Waals surface area contributed by atoms with Gasteiger partial charge in [-0.25, -0.2) is 0 Å². The molecule has 2 rings (SSSR count). The van der Waals surface area contributed by atoms with Gasteiger partial charge in [-0.1, -0.05) is 19.8 Å². The molecule has 0 radical (unpaired) electrons. The van der Waals surface area contributed by atoms with Crippen LogP contribution in [0.1, 0.15) is 39.0 Å². The van der Waals surface area contributed by atoms with Crippen LogP contribution in [0, 0.1) is 11.8 Å². The van der Waals surface area contributed by atoms with Gasteiger partial charge in [0.15, 0.2) is 0 Å². The summed E-state index contributed by atoms with van der Waals surface area (Å²) in [6, 6.07) is 0. The van der Waals surface area contributed by atoms with Gasteiger partial charge in [-0.05, 0) is 30.9 Å². The molecule has 4 heteroatoms. The van der Waals surface area contributed by atoms with Crippen LogP contribution in [0.3, 0.4) is 0 Å². The lowest BCUT2D eigenvalue weighted by atomic mass is 9.82. The molecule has 3 atom stereocenters. The van der Waals surface area contributed by atoms with E-state index < -0.39 is 5.60 Å². The molecule has 1 aliphatic carbocycles. The van der Waals surface area contributed by atoms with E-state index in [9.17, 15) is 9.90 Å². The zero-order valence-electron chi connectivity index (χ0n) is 10.6. The lowest BCUT2D eigenvalue weighted by Gasteiger charge is -2.28. The molecule has 0 bridgehead atoms. The third kappa shape index (κ3) is 3.62. The minimum absolute atomic E-state index is 0.155. The smallest absolute Gasteiger partial charge is 0.223 e. The summed E-state index contributed by atoms with van der Waals surface area (Å²) in [5.41, 5.74) is -0.652. The maximum absolute atomic E-state index is 12.0. The Morgan fingerprint density at radius 3 is 3.00 bits per heavy atom. The van der Waals surface area contributed by atoms with Crippen molar-refractivity contribution in [2.75, 3.05) is 18.1 Å². The Hall–Kier alpha value is -0.220. The number of aliphatic hydroxyl groups is 1. The molecule has 0 aromatic heterocycles. The Bertz CT molecular complexity index is 277. The van der Waals surface area contributed by atoms with E-state index in [1.165, 1.54) is 12.8 Å². The van der Waals surface area contributed by atoms with Crippen LogP contribution in [-0.4, -0.2) is 34.7 Å². The van der Waals surface area contributed by atoms with Gasteiger partial charge < -0.3 is 10.4 Å². The van der Waals surface area contributed by atoms with Crippen LogP contribution in [0.15, 0.2) is 0 Å². The van der Waals surface area contributed by atoms with Crippen molar-refractivity contribution in [2.24, 2.45) is 11.8 Å². The highest BCUT2D eigenvalue weighted by molar-refractivity contribution is 7.99. The van der Waals surface area contributed by atoms with E-state index >= 15 is 0 Å².